The molecule has 14 heavy (non-hydrogen) atoms. The number of methoxy groups -OCH3 is 1. The van der Waals surface area contributed by atoms with Crippen LogP contribution in [0.15, 0.2) is 0 Å². The van der Waals surface area contributed by atoms with Gasteiger partial charge in [-0.2, -0.15) is 0 Å². The van der Waals surface area contributed by atoms with E-state index in [4.69, 9.17) is 21.1 Å². The van der Waals surface area contributed by atoms with Crippen LogP contribution in [0, 0.1) is 0 Å². The van der Waals surface area contributed by atoms with Gasteiger partial charge in [0.25, 0.3) is 0 Å². The predicted molar refractivity (Wildman–Crippen MR) is 53.2 cm³/mol. The first-order valence-electron chi connectivity index (χ1n) is 4.77. The molecule has 0 spiro atoms. The first kappa shape index (κ1) is 11.8. The van der Waals surface area contributed by atoms with Gasteiger partial charge >= 0.3 is 5.97 Å². The number of rotatable bonds is 4. The van der Waals surface area contributed by atoms with Crippen molar-refractivity contribution in [3.05, 3.63) is 0 Å². The van der Waals surface area contributed by atoms with E-state index in [0.29, 0.717) is 0 Å². The third-order valence-electron chi connectivity index (χ3n) is 2.50. The molecule has 82 valence electrons. The van der Waals surface area contributed by atoms with Crippen molar-refractivity contribution in [2.24, 2.45) is 0 Å². The number of carbonyl (C=O) groups excluding carboxylic acids is 1. The molecule has 0 aromatic rings. The number of halogens is 1. The SMILES string of the molecule is CCN(CC)C1C(OC)OC(=O)C1Cl. The molecule has 0 saturated carbocycles. The van der Waals surface area contributed by atoms with Crippen LogP contribution in [0.5, 0.6) is 0 Å². The number of hydrogen-bond donors (Lipinski definition) is 0. The van der Waals surface area contributed by atoms with Crippen molar-refractivity contribution in [2.75, 3.05) is 20.2 Å². The van der Waals surface area contributed by atoms with Gasteiger partial charge in [-0.15, -0.1) is 11.6 Å². The van der Waals surface area contributed by atoms with Crippen molar-refractivity contribution in [3.63, 3.8) is 0 Å². The van der Waals surface area contributed by atoms with Crippen molar-refractivity contribution in [2.45, 2.75) is 31.6 Å². The molecule has 1 aliphatic heterocycles. The van der Waals surface area contributed by atoms with E-state index in [1.807, 2.05) is 13.8 Å². The van der Waals surface area contributed by atoms with Gasteiger partial charge in [0.15, 0.2) is 5.38 Å². The van der Waals surface area contributed by atoms with Crippen molar-refractivity contribution < 1.29 is 14.3 Å². The van der Waals surface area contributed by atoms with E-state index in [1.54, 1.807) is 0 Å². The Morgan fingerprint density at radius 3 is 2.50 bits per heavy atom. The summed E-state index contributed by atoms with van der Waals surface area (Å²) in [6, 6.07) is -0.177. The Labute approximate surface area is 89.1 Å². The quantitative estimate of drug-likeness (QED) is 0.521. The summed E-state index contributed by atoms with van der Waals surface area (Å²) >= 11 is 5.96. The summed E-state index contributed by atoms with van der Waals surface area (Å²) in [5.41, 5.74) is 0. The van der Waals surface area contributed by atoms with E-state index in [9.17, 15) is 4.79 Å². The van der Waals surface area contributed by atoms with Crippen molar-refractivity contribution in [1.29, 1.82) is 0 Å². The Balaban J connectivity index is 2.76. The topological polar surface area (TPSA) is 38.8 Å². The van der Waals surface area contributed by atoms with Crippen LogP contribution in [0.25, 0.3) is 0 Å². The highest BCUT2D eigenvalue weighted by Crippen LogP contribution is 2.25. The molecule has 0 bridgehead atoms. The highest BCUT2D eigenvalue weighted by Gasteiger charge is 2.46. The van der Waals surface area contributed by atoms with Crippen molar-refractivity contribution >= 4 is 17.6 Å². The molecule has 0 amide bonds. The normalized spacial score (nSPS) is 32.4. The first-order valence-corrected chi connectivity index (χ1v) is 5.20. The van der Waals surface area contributed by atoms with Crippen LogP contribution in [0.4, 0.5) is 0 Å². The average molecular weight is 222 g/mol. The van der Waals surface area contributed by atoms with Gasteiger partial charge in [0.1, 0.15) is 0 Å². The summed E-state index contributed by atoms with van der Waals surface area (Å²) in [5.74, 6) is -0.393. The van der Waals surface area contributed by atoms with Gasteiger partial charge < -0.3 is 9.47 Å². The number of ether oxygens (including phenoxy) is 2. The maximum atomic E-state index is 11.2. The van der Waals surface area contributed by atoms with Crippen LogP contribution >= 0.6 is 11.6 Å². The highest BCUT2D eigenvalue weighted by atomic mass is 35.5. The molecule has 1 aliphatic rings. The second-order valence-corrected chi connectivity index (χ2v) is 3.62. The largest absolute Gasteiger partial charge is 0.433 e. The molecule has 0 aliphatic carbocycles. The first-order chi connectivity index (χ1) is 6.65. The second kappa shape index (κ2) is 4.96. The summed E-state index contributed by atoms with van der Waals surface area (Å²) in [7, 11) is 1.52. The molecular weight excluding hydrogens is 206 g/mol. The Kier molecular flexibility index (Phi) is 4.16. The monoisotopic (exact) mass is 221 g/mol. The fourth-order valence-corrected chi connectivity index (χ4v) is 2.05. The van der Waals surface area contributed by atoms with E-state index in [2.05, 4.69) is 4.90 Å². The fourth-order valence-electron chi connectivity index (χ4n) is 1.72. The van der Waals surface area contributed by atoms with Gasteiger partial charge in [-0.05, 0) is 13.1 Å². The molecule has 4 nitrogen and oxygen atoms in total. The molecule has 0 aromatic carbocycles. The number of nitrogens with zero attached hydrogens (tertiary/aromatic N) is 1. The van der Waals surface area contributed by atoms with Crippen LogP contribution in [0.3, 0.4) is 0 Å². The van der Waals surface area contributed by atoms with Gasteiger partial charge in [-0.1, -0.05) is 13.8 Å². The second-order valence-electron chi connectivity index (χ2n) is 3.15. The molecule has 1 fully saturated rings. The van der Waals surface area contributed by atoms with Gasteiger partial charge in [0, 0.05) is 7.11 Å². The summed E-state index contributed by atoms with van der Waals surface area (Å²) in [6.07, 6.45) is -0.537. The van der Waals surface area contributed by atoms with E-state index >= 15 is 0 Å². The predicted octanol–water partition coefficient (Wildman–Crippen LogP) is 0.833. The zero-order valence-electron chi connectivity index (χ0n) is 8.70. The van der Waals surface area contributed by atoms with Gasteiger partial charge in [0.05, 0.1) is 6.04 Å². The van der Waals surface area contributed by atoms with Crippen LogP contribution in [0.1, 0.15) is 13.8 Å². The molecule has 0 N–H and O–H groups in total. The lowest BCUT2D eigenvalue weighted by atomic mass is 10.2. The minimum Gasteiger partial charge on any atom is -0.433 e. The van der Waals surface area contributed by atoms with E-state index in [-0.39, 0.29) is 6.04 Å². The minimum absolute atomic E-state index is 0.177. The zero-order chi connectivity index (χ0) is 10.7. The maximum absolute atomic E-state index is 11.2. The van der Waals surface area contributed by atoms with Gasteiger partial charge in [0.2, 0.25) is 6.29 Å². The lowest BCUT2D eigenvalue weighted by Crippen LogP contribution is -2.46. The average Bonchev–Trinajstić information content (AvgIpc) is 2.47. The number of cyclic esters (lactones) is 1. The van der Waals surface area contributed by atoms with Gasteiger partial charge in [-0.3, -0.25) is 9.69 Å². The van der Waals surface area contributed by atoms with E-state index in [1.165, 1.54) is 7.11 Å². The maximum Gasteiger partial charge on any atom is 0.328 e. The number of esters is 1. The molecule has 1 heterocycles. The zero-order valence-corrected chi connectivity index (χ0v) is 9.45. The van der Waals surface area contributed by atoms with E-state index in [0.717, 1.165) is 13.1 Å². The summed E-state index contributed by atoms with van der Waals surface area (Å²) < 4.78 is 10.1. The smallest absolute Gasteiger partial charge is 0.328 e. The summed E-state index contributed by atoms with van der Waals surface area (Å²) in [6.45, 7) is 5.67. The number of likely N-dealkylation sites (N-methyl/N-ethyl adjacent to an activating group) is 1. The molecule has 0 aromatic heterocycles. The lowest BCUT2D eigenvalue weighted by Gasteiger charge is -2.29. The van der Waals surface area contributed by atoms with Crippen LogP contribution in [0.2, 0.25) is 0 Å². The standard InChI is InChI=1S/C9H16ClNO3/c1-4-11(5-2)7-6(10)8(12)14-9(7)13-3/h6-7,9H,4-5H2,1-3H3. The Hall–Kier alpha value is -0.320. The molecule has 0 radical (unpaired) electrons. The van der Waals surface area contributed by atoms with Crippen molar-refractivity contribution in [3.8, 4) is 0 Å². The molecule has 1 rings (SSSR count). The number of hydrogen-bond acceptors (Lipinski definition) is 4. The van der Waals surface area contributed by atoms with Crippen LogP contribution in [-0.2, 0) is 14.3 Å². The lowest BCUT2D eigenvalue weighted by molar-refractivity contribution is -0.162. The summed E-state index contributed by atoms with van der Waals surface area (Å²) in [5, 5.41) is -0.625. The summed E-state index contributed by atoms with van der Waals surface area (Å²) in [4.78, 5) is 13.3. The Morgan fingerprint density at radius 2 is 2.07 bits per heavy atom. The fraction of sp³-hybridized carbons (Fsp3) is 0.889. The molecule has 5 heteroatoms. The van der Waals surface area contributed by atoms with Gasteiger partial charge in [-0.25, -0.2) is 0 Å². The highest BCUT2D eigenvalue weighted by molar-refractivity contribution is 6.31. The molecule has 3 unspecified atom stereocenters. The molecule has 3 atom stereocenters. The molecular formula is C9H16ClNO3. The number of carbonyl (C=O) groups is 1. The van der Waals surface area contributed by atoms with Crippen molar-refractivity contribution in [1.82, 2.24) is 4.90 Å². The van der Waals surface area contributed by atoms with E-state index < -0.39 is 17.6 Å². The minimum atomic E-state index is -0.625. The third kappa shape index (κ3) is 2.02. The Morgan fingerprint density at radius 1 is 1.50 bits per heavy atom. The Bertz CT molecular complexity index is 208. The van der Waals surface area contributed by atoms with Crippen LogP contribution in [-0.4, -0.2) is 48.8 Å². The van der Waals surface area contributed by atoms with Crippen LogP contribution < -0.4 is 0 Å². The third-order valence-corrected chi connectivity index (χ3v) is 2.94. The number of alkyl halides is 1. The molecule has 1 saturated heterocycles.